The zero-order valence-electron chi connectivity index (χ0n) is 12.8. The van der Waals surface area contributed by atoms with E-state index in [0.29, 0.717) is 12.6 Å². The van der Waals surface area contributed by atoms with Crippen LogP contribution >= 0.6 is 0 Å². The van der Waals surface area contributed by atoms with E-state index in [4.69, 9.17) is 0 Å². The van der Waals surface area contributed by atoms with Crippen LogP contribution in [-0.2, 0) is 17.9 Å². The number of hydrogen-bond donors (Lipinski definition) is 2. The molecule has 0 aliphatic carbocycles. The Balaban J connectivity index is 2.47. The molecule has 0 bridgehead atoms. The third-order valence-corrected chi connectivity index (χ3v) is 3.21. The van der Waals surface area contributed by atoms with Crippen molar-refractivity contribution in [3.63, 3.8) is 0 Å². The zero-order chi connectivity index (χ0) is 14.5. The highest BCUT2D eigenvalue weighted by Crippen LogP contribution is 2.07. The van der Waals surface area contributed by atoms with Crippen molar-refractivity contribution < 1.29 is 4.79 Å². The van der Waals surface area contributed by atoms with Crippen LogP contribution in [0.5, 0.6) is 0 Å². The Bertz CT molecular complexity index is 407. The molecule has 0 spiro atoms. The zero-order valence-corrected chi connectivity index (χ0v) is 12.8. The van der Waals surface area contributed by atoms with E-state index in [-0.39, 0.29) is 11.4 Å². The van der Waals surface area contributed by atoms with Crippen LogP contribution in [0.4, 0.5) is 0 Å². The molecule has 0 atom stereocenters. The molecule has 1 rings (SSSR count). The topological polar surface area (TPSA) is 46.1 Å². The SMILES string of the molecule is CCC(C)(C)NC(=O)Cn1ccc(CNC(C)C)c1. The average Bonchev–Trinajstić information content (AvgIpc) is 2.73. The van der Waals surface area contributed by atoms with Gasteiger partial charge in [0.2, 0.25) is 5.91 Å². The summed E-state index contributed by atoms with van der Waals surface area (Å²) in [5.41, 5.74) is 1.07. The summed E-state index contributed by atoms with van der Waals surface area (Å²) >= 11 is 0. The Morgan fingerprint density at radius 1 is 1.42 bits per heavy atom. The van der Waals surface area contributed by atoms with Crippen molar-refractivity contribution in [2.75, 3.05) is 0 Å². The van der Waals surface area contributed by atoms with E-state index >= 15 is 0 Å². The van der Waals surface area contributed by atoms with Gasteiger partial charge >= 0.3 is 0 Å². The fourth-order valence-corrected chi connectivity index (χ4v) is 1.69. The monoisotopic (exact) mass is 265 g/mol. The van der Waals surface area contributed by atoms with E-state index in [1.54, 1.807) is 0 Å². The molecule has 0 saturated heterocycles. The fourth-order valence-electron chi connectivity index (χ4n) is 1.69. The lowest BCUT2D eigenvalue weighted by atomic mass is 10.0. The molecular weight excluding hydrogens is 238 g/mol. The second kappa shape index (κ2) is 6.75. The third-order valence-electron chi connectivity index (χ3n) is 3.21. The Morgan fingerprint density at radius 2 is 2.11 bits per heavy atom. The van der Waals surface area contributed by atoms with Gasteiger partial charge in [-0.1, -0.05) is 20.8 Å². The smallest absolute Gasteiger partial charge is 0.240 e. The summed E-state index contributed by atoms with van der Waals surface area (Å²) in [4.78, 5) is 11.9. The lowest BCUT2D eigenvalue weighted by Crippen LogP contribution is -2.44. The van der Waals surface area contributed by atoms with Crippen LogP contribution in [0.1, 0.15) is 46.6 Å². The van der Waals surface area contributed by atoms with Crippen molar-refractivity contribution >= 4 is 5.91 Å². The molecule has 19 heavy (non-hydrogen) atoms. The molecular formula is C15H27N3O. The average molecular weight is 265 g/mol. The molecule has 1 heterocycles. The molecule has 4 nitrogen and oxygen atoms in total. The normalized spacial score (nSPS) is 11.9. The van der Waals surface area contributed by atoms with E-state index < -0.39 is 0 Å². The van der Waals surface area contributed by atoms with Gasteiger partial charge < -0.3 is 15.2 Å². The van der Waals surface area contributed by atoms with Gasteiger partial charge in [-0.05, 0) is 31.9 Å². The van der Waals surface area contributed by atoms with Crippen molar-refractivity contribution in [2.45, 2.75) is 65.7 Å². The molecule has 0 radical (unpaired) electrons. The molecule has 2 N–H and O–H groups in total. The standard InChI is InChI=1S/C15H27N3O/c1-6-15(4,5)17-14(19)11-18-8-7-13(10-18)9-16-12(2)3/h7-8,10,12,16H,6,9,11H2,1-5H3,(H,17,19). The van der Waals surface area contributed by atoms with Gasteiger partial charge in [0.05, 0.1) is 0 Å². The van der Waals surface area contributed by atoms with Crippen LogP contribution < -0.4 is 10.6 Å². The number of nitrogens with zero attached hydrogens (tertiary/aromatic N) is 1. The van der Waals surface area contributed by atoms with Crippen molar-refractivity contribution in [1.82, 2.24) is 15.2 Å². The molecule has 0 unspecified atom stereocenters. The Labute approximate surface area is 116 Å². The minimum atomic E-state index is -0.133. The van der Waals surface area contributed by atoms with Crippen LogP contribution in [0.15, 0.2) is 18.5 Å². The lowest BCUT2D eigenvalue weighted by Gasteiger charge is -2.24. The molecule has 108 valence electrons. The van der Waals surface area contributed by atoms with Crippen LogP contribution in [-0.4, -0.2) is 22.1 Å². The quantitative estimate of drug-likeness (QED) is 0.794. The Morgan fingerprint density at radius 3 is 2.68 bits per heavy atom. The minimum absolute atomic E-state index is 0.0609. The van der Waals surface area contributed by atoms with Crippen LogP contribution in [0.2, 0.25) is 0 Å². The Kier molecular flexibility index (Phi) is 5.60. The van der Waals surface area contributed by atoms with Crippen molar-refractivity contribution in [3.8, 4) is 0 Å². The molecule has 0 aliphatic rings. The predicted molar refractivity (Wildman–Crippen MR) is 78.9 cm³/mol. The van der Waals surface area contributed by atoms with E-state index in [2.05, 4.69) is 31.4 Å². The van der Waals surface area contributed by atoms with Gasteiger partial charge in [-0.25, -0.2) is 0 Å². The second-order valence-electron chi connectivity index (χ2n) is 6.01. The van der Waals surface area contributed by atoms with Crippen molar-refractivity contribution in [2.24, 2.45) is 0 Å². The van der Waals surface area contributed by atoms with E-state index in [1.807, 2.05) is 36.9 Å². The minimum Gasteiger partial charge on any atom is -0.350 e. The molecule has 1 amide bonds. The predicted octanol–water partition coefficient (Wildman–Crippen LogP) is 2.29. The van der Waals surface area contributed by atoms with Gasteiger partial charge in [-0.2, -0.15) is 0 Å². The number of carbonyl (C=O) groups excluding carboxylic acids is 1. The first kappa shape index (κ1) is 15.8. The molecule has 0 aromatic carbocycles. The largest absolute Gasteiger partial charge is 0.350 e. The summed E-state index contributed by atoms with van der Waals surface area (Å²) in [6.45, 7) is 11.6. The molecule has 1 aromatic heterocycles. The molecule has 0 aliphatic heterocycles. The summed E-state index contributed by atoms with van der Waals surface area (Å²) in [7, 11) is 0. The summed E-state index contributed by atoms with van der Waals surface area (Å²) in [5, 5.41) is 6.40. The summed E-state index contributed by atoms with van der Waals surface area (Å²) in [6, 6.07) is 2.52. The van der Waals surface area contributed by atoms with Gasteiger partial charge in [0.25, 0.3) is 0 Å². The number of aromatic nitrogens is 1. The summed E-state index contributed by atoms with van der Waals surface area (Å²) in [5.74, 6) is 0.0609. The number of carbonyl (C=O) groups is 1. The highest BCUT2D eigenvalue weighted by atomic mass is 16.2. The maximum absolute atomic E-state index is 11.9. The first-order valence-electron chi connectivity index (χ1n) is 7.01. The van der Waals surface area contributed by atoms with Crippen LogP contribution in [0.3, 0.4) is 0 Å². The first-order valence-corrected chi connectivity index (χ1v) is 7.01. The number of amides is 1. The maximum atomic E-state index is 11.9. The molecule has 0 fully saturated rings. The van der Waals surface area contributed by atoms with Crippen LogP contribution in [0, 0.1) is 0 Å². The molecule has 4 heteroatoms. The van der Waals surface area contributed by atoms with Gasteiger partial charge in [0, 0.05) is 30.5 Å². The van der Waals surface area contributed by atoms with E-state index in [0.717, 1.165) is 13.0 Å². The summed E-state index contributed by atoms with van der Waals surface area (Å²) in [6.07, 6.45) is 4.90. The van der Waals surface area contributed by atoms with Crippen molar-refractivity contribution in [3.05, 3.63) is 24.0 Å². The highest BCUT2D eigenvalue weighted by Gasteiger charge is 2.17. The summed E-state index contributed by atoms with van der Waals surface area (Å²) < 4.78 is 1.93. The lowest BCUT2D eigenvalue weighted by molar-refractivity contribution is -0.123. The molecule has 0 saturated carbocycles. The fraction of sp³-hybridized carbons (Fsp3) is 0.667. The highest BCUT2D eigenvalue weighted by molar-refractivity contribution is 5.76. The maximum Gasteiger partial charge on any atom is 0.240 e. The van der Waals surface area contributed by atoms with E-state index in [1.165, 1.54) is 5.56 Å². The number of nitrogens with one attached hydrogen (secondary N) is 2. The third kappa shape index (κ3) is 5.92. The number of hydrogen-bond acceptors (Lipinski definition) is 2. The van der Waals surface area contributed by atoms with Gasteiger partial charge in [-0.15, -0.1) is 0 Å². The first-order chi connectivity index (χ1) is 8.82. The molecule has 1 aromatic rings. The van der Waals surface area contributed by atoms with Crippen molar-refractivity contribution in [1.29, 1.82) is 0 Å². The van der Waals surface area contributed by atoms with Gasteiger partial charge in [0.15, 0.2) is 0 Å². The van der Waals surface area contributed by atoms with Gasteiger partial charge in [-0.3, -0.25) is 4.79 Å². The Hall–Kier alpha value is -1.29. The van der Waals surface area contributed by atoms with Gasteiger partial charge in [0.1, 0.15) is 6.54 Å². The van der Waals surface area contributed by atoms with E-state index in [9.17, 15) is 4.79 Å². The second-order valence-corrected chi connectivity index (χ2v) is 6.01. The number of rotatable bonds is 7. The van der Waals surface area contributed by atoms with Crippen LogP contribution in [0.25, 0.3) is 0 Å².